The number of aryl methyl sites for hydroxylation is 1. The van der Waals surface area contributed by atoms with Gasteiger partial charge in [-0.25, -0.2) is 17.2 Å². The summed E-state index contributed by atoms with van der Waals surface area (Å²) in [4.78, 5) is 26.0. The van der Waals surface area contributed by atoms with Crippen molar-refractivity contribution in [1.29, 1.82) is 0 Å². The SMILES string of the molecule is CS(=O)(=O)CC(=O)Nc1c2c(nn1-c1ccc(C(F)F)nn1)C[C@]1(CCc3cc(OCC(F)(F)F)ccc31)NC2=O. The van der Waals surface area contributed by atoms with Crippen molar-refractivity contribution in [1.82, 2.24) is 25.3 Å². The molecule has 3 aromatic rings. The fourth-order valence-corrected chi connectivity index (χ4v) is 5.53. The van der Waals surface area contributed by atoms with Crippen LogP contribution in [-0.4, -0.2) is 65.0 Å². The molecule has 0 bridgehead atoms. The molecule has 1 aliphatic heterocycles. The van der Waals surface area contributed by atoms with Crippen LogP contribution in [0.5, 0.6) is 5.75 Å². The summed E-state index contributed by atoms with van der Waals surface area (Å²) in [7, 11) is -3.75. The number of carbonyl (C=O) groups excluding carboxylic acids is 2. The summed E-state index contributed by atoms with van der Waals surface area (Å²) in [6.45, 7) is -1.45. The van der Waals surface area contributed by atoms with Crippen molar-refractivity contribution in [2.24, 2.45) is 0 Å². The van der Waals surface area contributed by atoms with Crippen molar-refractivity contribution in [3.05, 3.63) is 58.4 Å². The highest BCUT2D eigenvalue weighted by Crippen LogP contribution is 2.44. The van der Waals surface area contributed by atoms with E-state index in [1.807, 2.05) is 0 Å². The van der Waals surface area contributed by atoms with E-state index in [2.05, 4.69) is 25.9 Å². The zero-order valence-electron chi connectivity index (χ0n) is 21.1. The zero-order valence-corrected chi connectivity index (χ0v) is 21.9. The number of fused-ring (bicyclic) bond motifs is 3. The summed E-state index contributed by atoms with van der Waals surface area (Å²) in [6, 6.07) is 6.56. The molecule has 11 nitrogen and oxygen atoms in total. The number of hydrogen-bond donors (Lipinski definition) is 2. The molecular weight excluding hydrogens is 579 g/mol. The van der Waals surface area contributed by atoms with E-state index >= 15 is 0 Å². The number of amides is 2. The second-order valence-corrected chi connectivity index (χ2v) is 11.9. The summed E-state index contributed by atoms with van der Waals surface area (Å²) >= 11 is 0. The number of nitrogens with zero attached hydrogens (tertiary/aromatic N) is 4. The molecule has 1 spiro atoms. The Labute approximate surface area is 229 Å². The number of ether oxygens (including phenoxy) is 1. The first-order valence-corrected chi connectivity index (χ1v) is 14.1. The fraction of sp³-hybridized carbons (Fsp3) is 0.375. The van der Waals surface area contributed by atoms with E-state index < -0.39 is 57.8 Å². The van der Waals surface area contributed by atoms with Gasteiger partial charge in [-0.3, -0.25) is 9.59 Å². The number of halogens is 5. The average Bonchev–Trinajstić information content (AvgIpc) is 3.39. The number of sulfone groups is 1. The Hall–Kier alpha value is -4.15. The number of benzene rings is 1. The van der Waals surface area contributed by atoms with E-state index in [-0.39, 0.29) is 35.1 Å². The molecule has 0 saturated heterocycles. The Bertz CT molecular complexity index is 1640. The van der Waals surface area contributed by atoms with Crippen LogP contribution in [0.15, 0.2) is 30.3 Å². The molecule has 2 amide bonds. The van der Waals surface area contributed by atoms with Gasteiger partial charge in [0.25, 0.3) is 12.3 Å². The van der Waals surface area contributed by atoms with Crippen molar-refractivity contribution in [2.45, 2.75) is 37.4 Å². The second-order valence-electron chi connectivity index (χ2n) is 9.75. The van der Waals surface area contributed by atoms with E-state index in [1.54, 1.807) is 6.07 Å². The van der Waals surface area contributed by atoms with Gasteiger partial charge in [-0.05, 0) is 48.2 Å². The summed E-state index contributed by atoms with van der Waals surface area (Å²) in [5.41, 5.74) is -0.187. The largest absolute Gasteiger partial charge is 0.484 e. The average molecular weight is 601 g/mol. The minimum atomic E-state index is -4.51. The lowest BCUT2D eigenvalue weighted by Gasteiger charge is -2.35. The maximum atomic E-state index is 13.5. The molecule has 1 aliphatic carbocycles. The van der Waals surface area contributed by atoms with Gasteiger partial charge in [0.1, 0.15) is 22.8 Å². The number of aromatic nitrogens is 4. The highest BCUT2D eigenvalue weighted by atomic mass is 32.2. The number of hydrogen-bond acceptors (Lipinski definition) is 8. The van der Waals surface area contributed by atoms with Gasteiger partial charge in [0.15, 0.2) is 28.1 Å². The van der Waals surface area contributed by atoms with Crippen molar-refractivity contribution in [3.63, 3.8) is 0 Å². The first kappa shape index (κ1) is 28.4. The molecule has 3 heterocycles. The van der Waals surface area contributed by atoms with Gasteiger partial charge in [0.05, 0.1) is 11.2 Å². The van der Waals surface area contributed by atoms with E-state index in [1.165, 1.54) is 12.1 Å². The summed E-state index contributed by atoms with van der Waals surface area (Å²) in [5.74, 6) is -2.88. The molecule has 0 saturated carbocycles. The van der Waals surface area contributed by atoms with Gasteiger partial charge < -0.3 is 15.4 Å². The highest BCUT2D eigenvalue weighted by molar-refractivity contribution is 7.91. The molecule has 17 heteroatoms. The van der Waals surface area contributed by atoms with Gasteiger partial charge in [-0.1, -0.05) is 6.07 Å². The van der Waals surface area contributed by atoms with Crippen LogP contribution in [0.1, 0.15) is 45.7 Å². The number of nitrogens with one attached hydrogen (secondary N) is 2. The Morgan fingerprint density at radius 1 is 1.22 bits per heavy atom. The van der Waals surface area contributed by atoms with Gasteiger partial charge in [0.2, 0.25) is 5.91 Å². The third kappa shape index (κ3) is 5.84. The van der Waals surface area contributed by atoms with Crippen LogP contribution < -0.4 is 15.4 Å². The van der Waals surface area contributed by atoms with Crippen molar-refractivity contribution in [3.8, 4) is 11.6 Å². The Balaban J connectivity index is 1.52. The predicted octanol–water partition coefficient (Wildman–Crippen LogP) is 2.65. The smallest absolute Gasteiger partial charge is 0.422 e. The zero-order chi connectivity index (χ0) is 29.7. The molecule has 1 aromatic carbocycles. The first-order valence-electron chi connectivity index (χ1n) is 12.0. The van der Waals surface area contributed by atoms with Crippen LogP contribution in [-0.2, 0) is 33.0 Å². The molecule has 0 fully saturated rings. The molecule has 1 atom stereocenters. The van der Waals surface area contributed by atoms with Gasteiger partial charge in [-0.15, -0.1) is 10.2 Å². The fourth-order valence-electron chi connectivity index (χ4n) is 4.98. The van der Waals surface area contributed by atoms with E-state index in [0.29, 0.717) is 24.0 Å². The van der Waals surface area contributed by atoms with Gasteiger partial charge >= 0.3 is 6.18 Å². The van der Waals surface area contributed by atoms with Crippen molar-refractivity contribution < 1.29 is 44.7 Å². The minimum absolute atomic E-state index is 0.0203. The van der Waals surface area contributed by atoms with Crippen LogP contribution in [0.25, 0.3) is 5.82 Å². The number of anilines is 1. The van der Waals surface area contributed by atoms with E-state index in [0.717, 1.165) is 23.1 Å². The summed E-state index contributed by atoms with van der Waals surface area (Å²) in [5, 5.41) is 16.9. The molecule has 2 N–H and O–H groups in total. The molecule has 218 valence electrons. The maximum absolute atomic E-state index is 13.5. The van der Waals surface area contributed by atoms with Gasteiger partial charge in [0, 0.05) is 12.7 Å². The third-order valence-corrected chi connectivity index (χ3v) is 7.37. The standard InChI is InChI=1S/C24H21F5N6O5S/c1-41(38,39)10-18(36)30-21-19-16(34-35(21)17-5-4-15(20(25)26)32-33-17)9-23(31-22(19)37)7-6-12-8-13(2-3-14(12)23)40-11-24(27,28)29/h2-5,8,20H,6-7,9-11H2,1H3,(H,30,36)(H,31,37)/t23-/m0/s1. The first-order chi connectivity index (χ1) is 19.1. The topological polar surface area (TPSA) is 145 Å². The van der Waals surface area contributed by atoms with Crippen LogP contribution in [0.4, 0.5) is 27.8 Å². The van der Waals surface area contributed by atoms with E-state index in [4.69, 9.17) is 4.74 Å². The summed E-state index contributed by atoms with van der Waals surface area (Å²) in [6.07, 6.45) is -5.68. The van der Waals surface area contributed by atoms with Crippen molar-refractivity contribution >= 4 is 27.5 Å². The van der Waals surface area contributed by atoms with Crippen LogP contribution in [0.3, 0.4) is 0 Å². The molecule has 41 heavy (non-hydrogen) atoms. The summed E-state index contributed by atoms with van der Waals surface area (Å²) < 4.78 is 92.9. The molecule has 5 rings (SSSR count). The predicted molar refractivity (Wildman–Crippen MR) is 132 cm³/mol. The molecule has 0 unspecified atom stereocenters. The number of carbonyl (C=O) groups is 2. The lowest BCUT2D eigenvalue weighted by Crippen LogP contribution is -2.49. The van der Waals surface area contributed by atoms with Crippen LogP contribution in [0.2, 0.25) is 0 Å². The van der Waals surface area contributed by atoms with Crippen LogP contribution >= 0.6 is 0 Å². The molecule has 2 aromatic heterocycles. The minimum Gasteiger partial charge on any atom is -0.484 e. The second kappa shape index (κ2) is 10.0. The van der Waals surface area contributed by atoms with Crippen LogP contribution in [0, 0.1) is 0 Å². The number of alkyl halides is 5. The molecular formula is C24H21F5N6O5S. The Morgan fingerprint density at radius 3 is 2.61 bits per heavy atom. The quantitative estimate of drug-likeness (QED) is 0.394. The monoisotopic (exact) mass is 600 g/mol. The normalized spacial score (nSPS) is 18.3. The lowest BCUT2D eigenvalue weighted by atomic mass is 9.82. The number of rotatable bonds is 7. The molecule has 0 radical (unpaired) electrons. The highest BCUT2D eigenvalue weighted by Gasteiger charge is 2.47. The van der Waals surface area contributed by atoms with Gasteiger partial charge in [-0.2, -0.15) is 23.0 Å². The maximum Gasteiger partial charge on any atom is 0.422 e. The molecule has 2 aliphatic rings. The third-order valence-electron chi connectivity index (χ3n) is 6.59. The Morgan fingerprint density at radius 2 is 1.98 bits per heavy atom. The van der Waals surface area contributed by atoms with E-state index in [9.17, 15) is 40.0 Å². The van der Waals surface area contributed by atoms with Crippen molar-refractivity contribution in [2.75, 3.05) is 23.9 Å². The Kier molecular flexibility index (Phi) is 6.95. The lowest BCUT2D eigenvalue weighted by molar-refractivity contribution is -0.153.